The summed E-state index contributed by atoms with van der Waals surface area (Å²) in [7, 11) is 0. The fraction of sp³-hybridized carbons (Fsp3) is 0.286. The summed E-state index contributed by atoms with van der Waals surface area (Å²) in [5.41, 5.74) is 3.09. The van der Waals surface area contributed by atoms with Gasteiger partial charge in [-0.2, -0.15) is 5.26 Å². The largest absolute Gasteiger partial charge is 0.494 e. The van der Waals surface area contributed by atoms with Crippen molar-refractivity contribution >= 4 is 11.3 Å². The number of rotatable bonds is 4. The predicted octanol–water partition coefficient (Wildman–Crippen LogP) is 3.58. The summed E-state index contributed by atoms with van der Waals surface area (Å²) >= 11 is 1.52. The Morgan fingerprint density at radius 2 is 2.28 bits per heavy atom. The van der Waals surface area contributed by atoms with E-state index in [1.165, 1.54) is 11.3 Å². The van der Waals surface area contributed by atoms with Crippen LogP contribution < -0.4 is 4.74 Å². The summed E-state index contributed by atoms with van der Waals surface area (Å²) < 4.78 is 5.51. The summed E-state index contributed by atoms with van der Waals surface area (Å²) in [5, 5.41) is 11.5. The van der Waals surface area contributed by atoms with Crippen LogP contribution in [0.4, 0.5) is 0 Å². The van der Waals surface area contributed by atoms with E-state index in [2.05, 4.69) is 17.1 Å². The van der Waals surface area contributed by atoms with E-state index >= 15 is 0 Å². The molecule has 0 aliphatic carbocycles. The number of nitrogens with zero attached hydrogens (tertiary/aromatic N) is 2. The first-order chi connectivity index (χ1) is 8.74. The van der Waals surface area contributed by atoms with Gasteiger partial charge in [0.1, 0.15) is 10.8 Å². The molecule has 92 valence electrons. The minimum absolute atomic E-state index is 0.376. The molecule has 0 aliphatic heterocycles. The van der Waals surface area contributed by atoms with Crippen LogP contribution in [0.5, 0.6) is 5.75 Å². The predicted molar refractivity (Wildman–Crippen MR) is 72.8 cm³/mol. The molecule has 2 aromatic rings. The van der Waals surface area contributed by atoms with Crippen LogP contribution >= 0.6 is 11.3 Å². The van der Waals surface area contributed by atoms with Crippen molar-refractivity contribution in [1.29, 1.82) is 5.26 Å². The second kappa shape index (κ2) is 5.65. The second-order valence-corrected chi connectivity index (χ2v) is 4.82. The molecule has 0 spiro atoms. The van der Waals surface area contributed by atoms with Crippen LogP contribution in [0.3, 0.4) is 0 Å². The molecular formula is C14H14N2OS. The lowest BCUT2D eigenvalue weighted by Gasteiger charge is -2.07. The molecule has 3 nitrogen and oxygen atoms in total. The molecule has 18 heavy (non-hydrogen) atoms. The van der Waals surface area contributed by atoms with Gasteiger partial charge in [0.05, 0.1) is 24.8 Å². The molecule has 0 saturated heterocycles. The van der Waals surface area contributed by atoms with Gasteiger partial charge in [-0.3, -0.25) is 0 Å². The summed E-state index contributed by atoms with van der Waals surface area (Å²) in [6, 6.07) is 8.15. The van der Waals surface area contributed by atoms with Gasteiger partial charge in [-0.25, -0.2) is 4.98 Å². The maximum atomic E-state index is 8.64. The molecule has 0 atom stereocenters. The topological polar surface area (TPSA) is 45.9 Å². The molecular weight excluding hydrogens is 244 g/mol. The molecule has 0 radical (unpaired) electrons. The fourth-order valence-electron chi connectivity index (χ4n) is 1.72. The molecule has 1 aromatic heterocycles. The highest BCUT2D eigenvalue weighted by Gasteiger charge is 2.06. The number of thiazole rings is 1. The number of nitriles is 1. The van der Waals surface area contributed by atoms with E-state index in [9.17, 15) is 0 Å². The molecule has 0 unspecified atom stereocenters. The first-order valence-electron chi connectivity index (χ1n) is 5.79. The van der Waals surface area contributed by atoms with Crippen molar-refractivity contribution in [2.24, 2.45) is 0 Å². The average molecular weight is 258 g/mol. The molecule has 0 saturated carbocycles. The Morgan fingerprint density at radius 3 is 2.94 bits per heavy atom. The summed E-state index contributed by atoms with van der Waals surface area (Å²) in [5.74, 6) is 0.911. The van der Waals surface area contributed by atoms with Crippen LogP contribution in [0.25, 0.3) is 11.3 Å². The van der Waals surface area contributed by atoms with Crippen molar-refractivity contribution in [2.75, 3.05) is 6.61 Å². The maximum absolute atomic E-state index is 8.64. The SMILES string of the molecule is CCOc1ccc(-c2csc(CC#N)n2)cc1C. The van der Waals surface area contributed by atoms with Gasteiger partial charge in [-0.05, 0) is 37.6 Å². The third kappa shape index (κ3) is 2.69. The van der Waals surface area contributed by atoms with Crippen LogP contribution in [-0.4, -0.2) is 11.6 Å². The van der Waals surface area contributed by atoms with Gasteiger partial charge >= 0.3 is 0 Å². The molecule has 4 heteroatoms. The number of benzene rings is 1. The zero-order chi connectivity index (χ0) is 13.0. The second-order valence-electron chi connectivity index (χ2n) is 3.87. The molecule has 2 rings (SSSR count). The van der Waals surface area contributed by atoms with Crippen molar-refractivity contribution in [3.8, 4) is 23.1 Å². The summed E-state index contributed by atoms with van der Waals surface area (Å²) in [4.78, 5) is 4.44. The van der Waals surface area contributed by atoms with Crippen LogP contribution in [0.1, 0.15) is 17.5 Å². The standard InChI is InChI=1S/C14H14N2OS/c1-3-17-13-5-4-11(8-10(13)2)12-9-18-14(16-12)6-7-15/h4-5,8-9H,3,6H2,1-2H3. The van der Waals surface area contributed by atoms with Gasteiger partial charge in [-0.1, -0.05) is 0 Å². The lowest BCUT2D eigenvalue weighted by atomic mass is 10.1. The van der Waals surface area contributed by atoms with E-state index in [0.29, 0.717) is 13.0 Å². The maximum Gasteiger partial charge on any atom is 0.122 e. The molecule has 0 fully saturated rings. The van der Waals surface area contributed by atoms with Crippen molar-refractivity contribution in [3.05, 3.63) is 34.2 Å². The third-order valence-electron chi connectivity index (χ3n) is 2.55. The molecule has 1 aromatic carbocycles. The van der Waals surface area contributed by atoms with Gasteiger partial charge in [0.25, 0.3) is 0 Å². The van der Waals surface area contributed by atoms with E-state index in [1.807, 2.05) is 31.4 Å². The third-order valence-corrected chi connectivity index (χ3v) is 3.40. The Morgan fingerprint density at radius 1 is 1.44 bits per heavy atom. The minimum atomic E-state index is 0.376. The first kappa shape index (κ1) is 12.6. The Bertz CT molecular complexity index is 584. The highest BCUT2D eigenvalue weighted by Crippen LogP contribution is 2.27. The summed E-state index contributed by atoms with van der Waals surface area (Å²) in [6.45, 7) is 4.67. The highest BCUT2D eigenvalue weighted by atomic mass is 32.1. The number of aromatic nitrogens is 1. The number of ether oxygens (including phenoxy) is 1. The number of hydrogen-bond donors (Lipinski definition) is 0. The van der Waals surface area contributed by atoms with Gasteiger partial charge in [-0.15, -0.1) is 11.3 Å². The van der Waals surface area contributed by atoms with Crippen LogP contribution in [0, 0.1) is 18.3 Å². The Balaban J connectivity index is 2.28. The number of hydrogen-bond acceptors (Lipinski definition) is 4. The Kier molecular flexibility index (Phi) is 3.96. The van der Waals surface area contributed by atoms with Crippen molar-refractivity contribution < 1.29 is 4.74 Å². The van der Waals surface area contributed by atoms with Gasteiger partial charge in [0, 0.05) is 10.9 Å². The van der Waals surface area contributed by atoms with Crippen LogP contribution in [0.2, 0.25) is 0 Å². The van der Waals surface area contributed by atoms with Crippen LogP contribution in [0.15, 0.2) is 23.6 Å². The Hall–Kier alpha value is -1.86. The Labute approximate surface area is 111 Å². The highest BCUT2D eigenvalue weighted by molar-refractivity contribution is 7.10. The van der Waals surface area contributed by atoms with E-state index in [4.69, 9.17) is 10.00 Å². The molecule has 1 heterocycles. The quantitative estimate of drug-likeness (QED) is 0.842. The average Bonchev–Trinajstić information content (AvgIpc) is 2.81. The monoisotopic (exact) mass is 258 g/mol. The smallest absolute Gasteiger partial charge is 0.122 e. The first-order valence-corrected chi connectivity index (χ1v) is 6.67. The normalized spacial score (nSPS) is 10.1. The van der Waals surface area contributed by atoms with E-state index in [0.717, 1.165) is 27.6 Å². The zero-order valence-electron chi connectivity index (χ0n) is 10.4. The van der Waals surface area contributed by atoms with Gasteiger partial charge < -0.3 is 4.74 Å². The molecule has 0 N–H and O–H groups in total. The van der Waals surface area contributed by atoms with Crippen molar-refractivity contribution in [3.63, 3.8) is 0 Å². The van der Waals surface area contributed by atoms with E-state index in [-0.39, 0.29) is 0 Å². The van der Waals surface area contributed by atoms with Gasteiger partial charge in [0.15, 0.2) is 0 Å². The van der Waals surface area contributed by atoms with E-state index in [1.54, 1.807) is 0 Å². The summed E-state index contributed by atoms with van der Waals surface area (Å²) in [6.07, 6.45) is 0.376. The minimum Gasteiger partial charge on any atom is -0.494 e. The van der Waals surface area contributed by atoms with Gasteiger partial charge in [0.2, 0.25) is 0 Å². The molecule has 0 amide bonds. The molecule has 0 bridgehead atoms. The molecule has 0 aliphatic rings. The lowest BCUT2D eigenvalue weighted by molar-refractivity contribution is 0.338. The lowest BCUT2D eigenvalue weighted by Crippen LogP contribution is -1.94. The van der Waals surface area contributed by atoms with Crippen molar-refractivity contribution in [1.82, 2.24) is 4.98 Å². The fourth-order valence-corrected chi connectivity index (χ4v) is 2.45. The van der Waals surface area contributed by atoms with Crippen LogP contribution in [-0.2, 0) is 6.42 Å². The number of aryl methyl sites for hydroxylation is 1. The zero-order valence-corrected chi connectivity index (χ0v) is 11.3. The van der Waals surface area contributed by atoms with Crippen molar-refractivity contribution in [2.45, 2.75) is 20.3 Å². The van der Waals surface area contributed by atoms with E-state index < -0.39 is 0 Å².